The lowest BCUT2D eigenvalue weighted by atomic mass is 9.97. The fourth-order valence-corrected chi connectivity index (χ4v) is 2.61. The van der Waals surface area contributed by atoms with Crippen molar-refractivity contribution in [3.8, 4) is 5.75 Å². The van der Waals surface area contributed by atoms with Crippen LogP contribution in [0.2, 0.25) is 0 Å². The van der Waals surface area contributed by atoms with Gasteiger partial charge in [-0.05, 0) is 57.5 Å². The zero-order valence-electron chi connectivity index (χ0n) is 13.7. The first-order valence-corrected chi connectivity index (χ1v) is 7.99. The van der Waals surface area contributed by atoms with E-state index in [1.54, 1.807) is 0 Å². The van der Waals surface area contributed by atoms with Crippen LogP contribution in [0.1, 0.15) is 38.4 Å². The predicted octanol–water partition coefficient (Wildman–Crippen LogP) is 2.04. The zero-order valence-corrected chi connectivity index (χ0v) is 14.6. The first-order chi connectivity index (χ1) is 10.6. The number of piperidine rings is 1. The van der Waals surface area contributed by atoms with Crippen LogP contribution in [0.5, 0.6) is 5.75 Å². The van der Waals surface area contributed by atoms with Crippen LogP contribution >= 0.6 is 12.4 Å². The van der Waals surface area contributed by atoms with E-state index in [0.29, 0.717) is 0 Å². The standard InChI is InChI=1S/C17H26N2O3.ClH/c1-12(2)22-15-5-3-4-14(10-15)16(20)11-19-17(21)13-6-8-18-9-7-13;/h3-5,10,12-13,16,18,20H,6-9,11H2,1-2H3,(H,19,21);1H. The van der Waals surface area contributed by atoms with Gasteiger partial charge in [-0.25, -0.2) is 0 Å². The Morgan fingerprint density at radius 3 is 2.74 bits per heavy atom. The predicted molar refractivity (Wildman–Crippen MR) is 93.0 cm³/mol. The Balaban J connectivity index is 0.00000264. The van der Waals surface area contributed by atoms with E-state index in [9.17, 15) is 9.90 Å². The van der Waals surface area contributed by atoms with Gasteiger partial charge in [0.15, 0.2) is 0 Å². The molecule has 1 aromatic rings. The summed E-state index contributed by atoms with van der Waals surface area (Å²) in [5, 5.41) is 16.3. The van der Waals surface area contributed by atoms with Gasteiger partial charge in [0.1, 0.15) is 5.75 Å². The van der Waals surface area contributed by atoms with E-state index in [2.05, 4.69) is 10.6 Å². The summed E-state index contributed by atoms with van der Waals surface area (Å²) in [6, 6.07) is 7.38. The summed E-state index contributed by atoms with van der Waals surface area (Å²) in [6.07, 6.45) is 1.09. The highest BCUT2D eigenvalue weighted by Gasteiger charge is 2.21. The Morgan fingerprint density at radius 1 is 1.39 bits per heavy atom. The molecule has 1 amide bonds. The number of hydrogen-bond donors (Lipinski definition) is 3. The number of hydrogen-bond acceptors (Lipinski definition) is 4. The third kappa shape index (κ3) is 6.37. The van der Waals surface area contributed by atoms with Gasteiger partial charge < -0.3 is 20.5 Å². The number of benzene rings is 1. The lowest BCUT2D eigenvalue weighted by Gasteiger charge is -2.22. The second-order valence-corrected chi connectivity index (χ2v) is 6.02. The molecule has 2 rings (SSSR count). The van der Waals surface area contributed by atoms with Gasteiger partial charge in [-0.3, -0.25) is 4.79 Å². The zero-order chi connectivity index (χ0) is 15.9. The second kappa shape index (κ2) is 9.75. The number of aliphatic hydroxyl groups is 1. The molecule has 1 heterocycles. The Bertz CT molecular complexity index is 490. The molecule has 130 valence electrons. The fourth-order valence-electron chi connectivity index (χ4n) is 2.61. The molecule has 1 atom stereocenters. The highest BCUT2D eigenvalue weighted by atomic mass is 35.5. The van der Waals surface area contributed by atoms with Gasteiger partial charge in [0, 0.05) is 12.5 Å². The highest BCUT2D eigenvalue weighted by molar-refractivity contribution is 5.85. The molecule has 6 heteroatoms. The number of rotatable bonds is 6. The van der Waals surface area contributed by atoms with Crippen LogP contribution in [0.4, 0.5) is 0 Å². The van der Waals surface area contributed by atoms with Crippen LogP contribution in [0.3, 0.4) is 0 Å². The smallest absolute Gasteiger partial charge is 0.223 e. The molecule has 1 aromatic carbocycles. The van der Waals surface area contributed by atoms with E-state index in [-0.39, 0.29) is 36.9 Å². The molecular formula is C17H27ClN2O3. The van der Waals surface area contributed by atoms with E-state index in [1.165, 1.54) is 0 Å². The molecule has 1 aliphatic rings. The third-order valence-corrected chi connectivity index (χ3v) is 3.79. The normalized spacial score (nSPS) is 16.5. The minimum Gasteiger partial charge on any atom is -0.491 e. The number of carbonyl (C=O) groups is 1. The quantitative estimate of drug-likeness (QED) is 0.740. The van der Waals surface area contributed by atoms with Gasteiger partial charge in [-0.2, -0.15) is 0 Å². The molecule has 1 unspecified atom stereocenters. The second-order valence-electron chi connectivity index (χ2n) is 6.02. The van der Waals surface area contributed by atoms with Gasteiger partial charge in [0.25, 0.3) is 0 Å². The summed E-state index contributed by atoms with van der Waals surface area (Å²) >= 11 is 0. The largest absolute Gasteiger partial charge is 0.491 e. The number of aliphatic hydroxyl groups excluding tert-OH is 1. The summed E-state index contributed by atoms with van der Waals surface area (Å²) in [6.45, 7) is 5.92. The molecule has 0 spiro atoms. The molecule has 23 heavy (non-hydrogen) atoms. The fraction of sp³-hybridized carbons (Fsp3) is 0.588. The molecule has 0 saturated carbocycles. The van der Waals surface area contributed by atoms with Crippen LogP contribution in [0.25, 0.3) is 0 Å². The van der Waals surface area contributed by atoms with Crippen molar-refractivity contribution >= 4 is 18.3 Å². The Labute approximate surface area is 144 Å². The van der Waals surface area contributed by atoms with E-state index in [0.717, 1.165) is 37.2 Å². The van der Waals surface area contributed by atoms with Gasteiger partial charge in [-0.15, -0.1) is 12.4 Å². The number of ether oxygens (including phenoxy) is 1. The Hall–Kier alpha value is -1.30. The maximum Gasteiger partial charge on any atom is 0.223 e. The van der Waals surface area contributed by atoms with Crippen LogP contribution in [0.15, 0.2) is 24.3 Å². The van der Waals surface area contributed by atoms with Crippen LogP contribution in [-0.2, 0) is 4.79 Å². The van der Waals surface area contributed by atoms with Crippen molar-refractivity contribution in [1.29, 1.82) is 0 Å². The van der Waals surface area contributed by atoms with Crippen molar-refractivity contribution in [1.82, 2.24) is 10.6 Å². The summed E-state index contributed by atoms with van der Waals surface area (Å²) in [5.41, 5.74) is 0.753. The molecule has 0 radical (unpaired) electrons. The van der Waals surface area contributed by atoms with E-state index in [1.807, 2.05) is 38.1 Å². The van der Waals surface area contributed by atoms with Gasteiger partial charge >= 0.3 is 0 Å². The van der Waals surface area contributed by atoms with Gasteiger partial charge in [0.05, 0.1) is 12.2 Å². The SMILES string of the molecule is CC(C)Oc1cccc(C(O)CNC(=O)C2CCNCC2)c1.Cl. The average molecular weight is 343 g/mol. The topological polar surface area (TPSA) is 70.6 Å². The van der Waals surface area contributed by atoms with Crippen LogP contribution < -0.4 is 15.4 Å². The average Bonchev–Trinajstić information content (AvgIpc) is 2.52. The molecule has 3 N–H and O–H groups in total. The van der Waals surface area contributed by atoms with Crippen molar-refractivity contribution in [2.24, 2.45) is 5.92 Å². The summed E-state index contributed by atoms with van der Waals surface area (Å²) in [5.74, 6) is 0.829. The maximum absolute atomic E-state index is 12.1. The monoisotopic (exact) mass is 342 g/mol. The molecule has 5 nitrogen and oxygen atoms in total. The number of halogens is 1. The molecular weight excluding hydrogens is 316 g/mol. The first kappa shape index (κ1) is 19.7. The number of nitrogens with one attached hydrogen (secondary N) is 2. The van der Waals surface area contributed by atoms with Crippen molar-refractivity contribution in [2.75, 3.05) is 19.6 Å². The van der Waals surface area contributed by atoms with Crippen molar-refractivity contribution in [3.63, 3.8) is 0 Å². The molecule has 0 aliphatic carbocycles. The summed E-state index contributed by atoms with van der Waals surface area (Å²) in [7, 11) is 0. The van der Waals surface area contributed by atoms with Crippen molar-refractivity contribution < 1.29 is 14.6 Å². The van der Waals surface area contributed by atoms with Gasteiger partial charge in [0.2, 0.25) is 5.91 Å². The Kier molecular flexibility index (Phi) is 8.37. The van der Waals surface area contributed by atoms with E-state index in [4.69, 9.17) is 4.74 Å². The minimum atomic E-state index is -0.721. The van der Waals surface area contributed by atoms with E-state index < -0.39 is 6.10 Å². The van der Waals surface area contributed by atoms with Gasteiger partial charge in [-0.1, -0.05) is 12.1 Å². The molecule has 1 aliphatic heterocycles. The van der Waals surface area contributed by atoms with Crippen LogP contribution in [-0.4, -0.2) is 36.8 Å². The molecule has 0 aromatic heterocycles. The Morgan fingerprint density at radius 2 is 2.09 bits per heavy atom. The number of carbonyl (C=O) groups excluding carboxylic acids is 1. The summed E-state index contributed by atoms with van der Waals surface area (Å²) < 4.78 is 5.62. The lowest BCUT2D eigenvalue weighted by Crippen LogP contribution is -2.39. The van der Waals surface area contributed by atoms with Crippen molar-refractivity contribution in [2.45, 2.75) is 38.9 Å². The highest BCUT2D eigenvalue weighted by Crippen LogP contribution is 2.20. The van der Waals surface area contributed by atoms with E-state index >= 15 is 0 Å². The minimum absolute atomic E-state index is 0. The first-order valence-electron chi connectivity index (χ1n) is 7.99. The maximum atomic E-state index is 12.1. The summed E-state index contributed by atoms with van der Waals surface area (Å²) in [4.78, 5) is 12.1. The molecule has 1 saturated heterocycles. The molecule has 1 fully saturated rings. The third-order valence-electron chi connectivity index (χ3n) is 3.79. The lowest BCUT2D eigenvalue weighted by molar-refractivity contribution is -0.126. The van der Waals surface area contributed by atoms with Crippen molar-refractivity contribution in [3.05, 3.63) is 29.8 Å². The van der Waals surface area contributed by atoms with Crippen LogP contribution in [0, 0.1) is 5.92 Å². The number of amides is 1. The molecule has 0 bridgehead atoms.